The fourth-order valence-electron chi connectivity index (χ4n) is 1.23. The second-order valence-corrected chi connectivity index (χ2v) is 3.22. The minimum absolute atomic E-state index is 0.0329. The van der Waals surface area contributed by atoms with Crippen LogP contribution in [-0.4, -0.2) is 7.11 Å². The molecular weight excluding hydrogens is 243 g/mol. The topological polar surface area (TPSA) is 33.0 Å². The molecule has 16 heavy (non-hydrogen) atoms. The minimum Gasteiger partial charge on any atom is -0.495 e. The number of nitriles is 1. The molecular formula is C10H7ClF3NO. The van der Waals surface area contributed by atoms with Crippen molar-refractivity contribution in [2.75, 3.05) is 7.11 Å². The van der Waals surface area contributed by atoms with Crippen LogP contribution in [0.2, 0.25) is 0 Å². The first kappa shape index (κ1) is 12.7. The van der Waals surface area contributed by atoms with E-state index in [1.165, 1.54) is 7.11 Å². The highest BCUT2D eigenvalue weighted by molar-refractivity contribution is 6.17. The lowest BCUT2D eigenvalue weighted by atomic mass is 10.0. The number of methoxy groups -OCH3 is 1. The number of rotatable bonds is 2. The van der Waals surface area contributed by atoms with Gasteiger partial charge in [0.15, 0.2) is 0 Å². The lowest BCUT2D eigenvalue weighted by Gasteiger charge is -2.12. The Balaban J connectivity index is 3.45. The number of ether oxygens (including phenoxy) is 1. The van der Waals surface area contributed by atoms with Crippen LogP contribution in [0.4, 0.5) is 13.2 Å². The molecule has 1 rings (SSSR count). The van der Waals surface area contributed by atoms with E-state index in [4.69, 9.17) is 21.6 Å². The van der Waals surface area contributed by atoms with Gasteiger partial charge in [-0.3, -0.25) is 0 Å². The van der Waals surface area contributed by atoms with Crippen molar-refractivity contribution in [3.05, 3.63) is 28.8 Å². The van der Waals surface area contributed by atoms with Gasteiger partial charge in [-0.1, -0.05) is 0 Å². The Bertz CT molecular complexity index is 412. The number of alkyl halides is 4. The van der Waals surface area contributed by atoms with Crippen molar-refractivity contribution < 1.29 is 17.9 Å². The molecule has 0 heterocycles. The van der Waals surface area contributed by atoms with Gasteiger partial charge in [0.2, 0.25) is 0 Å². The molecule has 0 bridgehead atoms. The van der Waals surface area contributed by atoms with Crippen LogP contribution in [0.1, 0.15) is 16.7 Å². The van der Waals surface area contributed by atoms with Crippen molar-refractivity contribution in [1.29, 1.82) is 5.26 Å². The van der Waals surface area contributed by atoms with Crippen LogP contribution in [0, 0.1) is 11.3 Å². The summed E-state index contributed by atoms with van der Waals surface area (Å²) < 4.78 is 42.2. The van der Waals surface area contributed by atoms with Gasteiger partial charge in [0.25, 0.3) is 0 Å². The first-order valence-electron chi connectivity index (χ1n) is 4.18. The molecule has 2 nitrogen and oxygen atoms in total. The Labute approximate surface area is 95.2 Å². The van der Waals surface area contributed by atoms with Gasteiger partial charge in [-0.25, -0.2) is 0 Å². The van der Waals surface area contributed by atoms with Crippen LogP contribution in [0.15, 0.2) is 12.1 Å². The lowest BCUT2D eigenvalue weighted by molar-refractivity contribution is -0.137. The molecule has 0 aromatic heterocycles. The van der Waals surface area contributed by atoms with Crippen molar-refractivity contribution in [3.8, 4) is 11.8 Å². The van der Waals surface area contributed by atoms with Gasteiger partial charge in [0.1, 0.15) is 11.8 Å². The minimum atomic E-state index is -4.48. The van der Waals surface area contributed by atoms with E-state index in [1.807, 2.05) is 0 Å². The monoisotopic (exact) mass is 249 g/mol. The Morgan fingerprint density at radius 2 is 2.06 bits per heavy atom. The molecule has 0 atom stereocenters. The number of halogens is 4. The van der Waals surface area contributed by atoms with E-state index in [0.29, 0.717) is 0 Å². The van der Waals surface area contributed by atoms with Crippen molar-refractivity contribution in [1.82, 2.24) is 0 Å². The van der Waals surface area contributed by atoms with Crippen molar-refractivity contribution in [2.45, 2.75) is 12.1 Å². The van der Waals surface area contributed by atoms with E-state index in [0.717, 1.165) is 12.1 Å². The summed E-state index contributed by atoms with van der Waals surface area (Å²) in [4.78, 5) is 0. The SMILES string of the molecule is COc1cc(C(F)(F)F)cc(CCl)c1C#N. The van der Waals surface area contributed by atoms with Crippen molar-refractivity contribution in [3.63, 3.8) is 0 Å². The summed E-state index contributed by atoms with van der Waals surface area (Å²) >= 11 is 5.49. The second kappa shape index (κ2) is 4.62. The summed E-state index contributed by atoms with van der Waals surface area (Å²) in [6.07, 6.45) is -4.48. The molecule has 0 saturated heterocycles. The predicted octanol–water partition coefficient (Wildman–Crippen LogP) is 3.32. The van der Waals surface area contributed by atoms with E-state index in [2.05, 4.69) is 0 Å². The van der Waals surface area contributed by atoms with E-state index in [1.54, 1.807) is 6.07 Å². The zero-order chi connectivity index (χ0) is 12.3. The highest BCUT2D eigenvalue weighted by Crippen LogP contribution is 2.35. The zero-order valence-electron chi connectivity index (χ0n) is 8.23. The molecule has 6 heteroatoms. The highest BCUT2D eigenvalue weighted by atomic mass is 35.5. The van der Waals surface area contributed by atoms with Gasteiger partial charge >= 0.3 is 6.18 Å². The first-order valence-corrected chi connectivity index (χ1v) is 4.71. The average molecular weight is 250 g/mol. The summed E-state index contributed by atoms with van der Waals surface area (Å²) in [5.41, 5.74) is -0.736. The van der Waals surface area contributed by atoms with Gasteiger partial charge in [-0.05, 0) is 17.7 Å². The fourth-order valence-corrected chi connectivity index (χ4v) is 1.44. The summed E-state index contributed by atoms with van der Waals surface area (Å²) in [6, 6.07) is 3.41. The lowest BCUT2D eigenvalue weighted by Crippen LogP contribution is -2.07. The molecule has 0 unspecified atom stereocenters. The molecule has 0 aliphatic heterocycles. The van der Waals surface area contributed by atoms with Crippen LogP contribution in [0.25, 0.3) is 0 Å². The van der Waals surface area contributed by atoms with Crippen molar-refractivity contribution in [2.24, 2.45) is 0 Å². The molecule has 0 spiro atoms. The Morgan fingerprint density at radius 3 is 2.44 bits per heavy atom. The summed E-state index contributed by atoms with van der Waals surface area (Å²) in [5.74, 6) is -0.295. The molecule has 1 aromatic carbocycles. The standard InChI is InChI=1S/C10H7ClF3NO/c1-16-9-3-7(10(12,13)14)2-6(4-11)8(9)5-15/h2-3H,4H2,1H3. The number of hydrogen-bond acceptors (Lipinski definition) is 2. The fraction of sp³-hybridized carbons (Fsp3) is 0.300. The van der Waals surface area contributed by atoms with E-state index >= 15 is 0 Å². The Kier molecular flexibility index (Phi) is 3.66. The third-order valence-electron chi connectivity index (χ3n) is 1.99. The number of hydrogen-bond donors (Lipinski definition) is 0. The van der Waals surface area contributed by atoms with Crippen LogP contribution >= 0.6 is 11.6 Å². The highest BCUT2D eigenvalue weighted by Gasteiger charge is 2.32. The molecule has 1 aromatic rings. The van der Waals surface area contributed by atoms with Gasteiger partial charge in [-0.2, -0.15) is 18.4 Å². The van der Waals surface area contributed by atoms with Gasteiger partial charge in [0, 0.05) is 5.88 Å². The molecule has 0 fully saturated rings. The van der Waals surface area contributed by atoms with Crippen molar-refractivity contribution >= 4 is 11.6 Å². The zero-order valence-corrected chi connectivity index (χ0v) is 8.99. The Hall–Kier alpha value is -1.41. The number of benzene rings is 1. The summed E-state index contributed by atoms with van der Waals surface area (Å²) in [7, 11) is 1.20. The normalized spacial score (nSPS) is 11.0. The second-order valence-electron chi connectivity index (χ2n) is 2.96. The summed E-state index contributed by atoms with van der Waals surface area (Å²) in [6.45, 7) is 0. The number of nitrogens with zero attached hydrogens (tertiary/aromatic N) is 1. The molecule has 0 amide bonds. The average Bonchev–Trinajstić information content (AvgIpc) is 2.25. The maximum Gasteiger partial charge on any atom is 0.416 e. The van der Waals surface area contributed by atoms with Crippen LogP contribution in [0.3, 0.4) is 0 Å². The first-order chi connectivity index (χ1) is 7.43. The van der Waals surface area contributed by atoms with Gasteiger partial charge < -0.3 is 4.74 Å². The third-order valence-corrected chi connectivity index (χ3v) is 2.27. The van der Waals surface area contributed by atoms with Gasteiger partial charge in [-0.15, -0.1) is 11.6 Å². The van der Waals surface area contributed by atoms with E-state index < -0.39 is 11.7 Å². The van der Waals surface area contributed by atoms with E-state index in [9.17, 15) is 13.2 Å². The molecule has 0 radical (unpaired) electrons. The van der Waals surface area contributed by atoms with Crippen LogP contribution in [0.5, 0.6) is 5.75 Å². The molecule has 86 valence electrons. The Morgan fingerprint density at radius 1 is 1.44 bits per heavy atom. The summed E-state index contributed by atoms with van der Waals surface area (Å²) in [5, 5.41) is 8.79. The maximum atomic E-state index is 12.5. The third kappa shape index (κ3) is 2.39. The predicted molar refractivity (Wildman–Crippen MR) is 52.3 cm³/mol. The largest absolute Gasteiger partial charge is 0.495 e. The maximum absolute atomic E-state index is 12.5. The van der Waals surface area contributed by atoms with E-state index in [-0.39, 0.29) is 22.8 Å². The molecule has 0 saturated carbocycles. The van der Waals surface area contributed by atoms with Crippen LogP contribution < -0.4 is 4.74 Å². The molecule has 0 N–H and O–H groups in total. The molecule has 0 aliphatic rings. The van der Waals surface area contributed by atoms with Crippen LogP contribution in [-0.2, 0) is 12.1 Å². The quantitative estimate of drug-likeness (QED) is 0.753. The smallest absolute Gasteiger partial charge is 0.416 e. The van der Waals surface area contributed by atoms with Gasteiger partial charge in [0.05, 0.1) is 18.2 Å². The molecule has 0 aliphatic carbocycles.